The molecule has 0 N–H and O–H groups in total. The van der Waals surface area contributed by atoms with Gasteiger partial charge in [-0.05, 0) is 0 Å². The molecule has 0 saturated carbocycles. The third kappa shape index (κ3) is 1.26. The van der Waals surface area contributed by atoms with Crippen LogP contribution in [-0.4, -0.2) is 4.98 Å². The van der Waals surface area contributed by atoms with Gasteiger partial charge in [-0.15, -0.1) is 0 Å². The minimum atomic E-state index is 0.447. The highest BCUT2D eigenvalue weighted by Gasteiger charge is 1.86. The molecule has 1 heterocycles. The van der Waals surface area contributed by atoms with E-state index in [1.165, 1.54) is 6.20 Å². The summed E-state index contributed by atoms with van der Waals surface area (Å²) in [6.07, 6.45) is 1.45. The Bertz CT molecular complexity index is 230. The second kappa shape index (κ2) is 2.27. The first-order chi connectivity index (χ1) is 4.33. The molecule has 0 aliphatic carbocycles. The standard InChI is InChI=1S/C7H4N2/c1-6-3-4-7(8-2)5-9-6/h1,3-5H. The van der Waals surface area contributed by atoms with E-state index in [4.69, 9.17) is 13.5 Å². The minimum Gasteiger partial charge on any atom is -0.273 e. The summed E-state index contributed by atoms with van der Waals surface area (Å²) in [6.45, 7) is 11.8. The van der Waals surface area contributed by atoms with Crippen LogP contribution in [-0.2, 0) is 0 Å². The van der Waals surface area contributed by atoms with E-state index in [0.29, 0.717) is 11.4 Å². The van der Waals surface area contributed by atoms with Gasteiger partial charge in [-0.2, -0.15) is 0 Å². The Morgan fingerprint density at radius 2 is 2.33 bits per heavy atom. The molecule has 0 fully saturated rings. The van der Waals surface area contributed by atoms with E-state index in [0.717, 1.165) is 0 Å². The molecule has 0 unspecified atom stereocenters. The number of hydrogen-bond acceptors (Lipinski definition) is 1. The molecule has 2 nitrogen and oxygen atoms in total. The van der Waals surface area contributed by atoms with Gasteiger partial charge in [0.05, 0.1) is 6.57 Å². The normalized spacial score (nSPS) is 8.44. The lowest BCUT2D eigenvalue weighted by atomic mass is 10.3. The van der Waals surface area contributed by atoms with E-state index in [2.05, 4.69) is 9.83 Å². The Morgan fingerprint density at radius 3 is 2.78 bits per heavy atom. The van der Waals surface area contributed by atoms with Crippen LogP contribution in [0.2, 0.25) is 0 Å². The predicted molar refractivity (Wildman–Crippen MR) is 33.9 cm³/mol. The molecule has 2 heteroatoms. The summed E-state index contributed by atoms with van der Waals surface area (Å²) >= 11 is 0. The Labute approximate surface area is 54.0 Å². The maximum absolute atomic E-state index is 6.56. The van der Waals surface area contributed by atoms with Gasteiger partial charge in [0.2, 0.25) is 5.69 Å². The lowest BCUT2D eigenvalue weighted by Gasteiger charge is -1.87. The third-order valence-corrected chi connectivity index (χ3v) is 0.900. The van der Waals surface area contributed by atoms with Crippen LogP contribution in [0, 0.1) is 13.5 Å². The Morgan fingerprint density at radius 1 is 1.56 bits per heavy atom. The van der Waals surface area contributed by atoms with Crippen molar-refractivity contribution < 1.29 is 0 Å². The molecule has 0 spiro atoms. The van der Waals surface area contributed by atoms with E-state index in [1.807, 2.05) is 0 Å². The molecule has 0 aliphatic rings. The Kier molecular flexibility index (Phi) is 1.46. The number of nitrogens with zero attached hydrogens (tertiary/aromatic N) is 2. The first-order valence-electron chi connectivity index (χ1n) is 2.42. The zero-order chi connectivity index (χ0) is 6.69. The summed E-state index contributed by atoms with van der Waals surface area (Å²) in [7, 11) is 0. The van der Waals surface area contributed by atoms with E-state index in [9.17, 15) is 0 Å². The molecule has 1 rings (SSSR count). The van der Waals surface area contributed by atoms with E-state index in [-0.39, 0.29) is 0 Å². The third-order valence-electron chi connectivity index (χ3n) is 0.900. The molecule has 42 valence electrons. The summed E-state index contributed by atoms with van der Waals surface area (Å²) in [5, 5.41) is 0. The van der Waals surface area contributed by atoms with Gasteiger partial charge in [-0.3, -0.25) is 4.98 Å². The van der Waals surface area contributed by atoms with Gasteiger partial charge in [0, 0.05) is 18.8 Å². The smallest absolute Gasteiger partial charge is 0.205 e. The highest BCUT2D eigenvalue weighted by molar-refractivity contribution is 5.41. The molecule has 0 saturated heterocycles. The summed E-state index contributed by atoms with van der Waals surface area (Å²) in [5.41, 5.74) is 0.964. The van der Waals surface area contributed by atoms with Crippen LogP contribution >= 0.6 is 0 Å². The zero-order valence-electron chi connectivity index (χ0n) is 4.70. The average molecular weight is 116 g/mol. The molecule has 0 atom stereocenters. The number of hydrogen-bond donors (Lipinski definition) is 0. The second-order valence-corrected chi connectivity index (χ2v) is 1.55. The molecular formula is C7H4N2. The van der Waals surface area contributed by atoms with Crippen molar-refractivity contribution in [3.63, 3.8) is 0 Å². The van der Waals surface area contributed by atoms with Gasteiger partial charge in [-0.25, -0.2) is 4.85 Å². The first-order valence-corrected chi connectivity index (χ1v) is 2.42. The van der Waals surface area contributed by atoms with Crippen molar-refractivity contribution >= 4 is 5.69 Å². The topological polar surface area (TPSA) is 17.2 Å². The van der Waals surface area contributed by atoms with Gasteiger partial charge >= 0.3 is 0 Å². The fourth-order valence-electron chi connectivity index (χ4n) is 0.464. The fourth-order valence-corrected chi connectivity index (χ4v) is 0.464. The molecular weight excluding hydrogens is 112 g/mol. The van der Waals surface area contributed by atoms with E-state index in [1.54, 1.807) is 12.1 Å². The molecule has 2 radical (unpaired) electrons. The Hall–Kier alpha value is -1.36. The van der Waals surface area contributed by atoms with Crippen LogP contribution in [0.3, 0.4) is 0 Å². The van der Waals surface area contributed by atoms with Crippen LogP contribution in [0.5, 0.6) is 0 Å². The highest BCUT2D eigenvalue weighted by atomic mass is 14.7. The lowest BCUT2D eigenvalue weighted by Crippen LogP contribution is -1.74. The largest absolute Gasteiger partial charge is 0.273 e. The summed E-state index contributed by atoms with van der Waals surface area (Å²) < 4.78 is 0. The second-order valence-electron chi connectivity index (χ2n) is 1.55. The highest BCUT2D eigenvalue weighted by Crippen LogP contribution is 2.07. The predicted octanol–water partition coefficient (Wildman–Crippen LogP) is 1.69. The maximum Gasteiger partial charge on any atom is 0.205 e. The van der Waals surface area contributed by atoms with Crippen LogP contribution in [0.4, 0.5) is 5.69 Å². The molecule has 9 heavy (non-hydrogen) atoms. The van der Waals surface area contributed by atoms with Crippen molar-refractivity contribution in [3.8, 4) is 0 Å². The van der Waals surface area contributed by atoms with Crippen molar-refractivity contribution in [2.45, 2.75) is 0 Å². The maximum atomic E-state index is 6.56. The zero-order valence-corrected chi connectivity index (χ0v) is 4.70. The van der Waals surface area contributed by atoms with E-state index >= 15 is 0 Å². The van der Waals surface area contributed by atoms with Crippen LogP contribution in [0.1, 0.15) is 5.69 Å². The van der Waals surface area contributed by atoms with Gasteiger partial charge in [-0.1, -0.05) is 12.1 Å². The van der Waals surface area contributed by atoms with Crippen molar-refractivity contribution in [3.05, 3.63) is 42.4 Å². The summed E-state index contributed by atoms with van der Waals surface area (Å²) in [4.78, 5) is 6.86. The molecule has 0 bridgehead atoms. The van der Waals surface area contributed by atoms with Crippen molar-refractivity contribution in [2.24, 2.45) is 0 Å². The molecule has 0 aliphatic heterocycles. The van der Waals surface area contributed by atoms with Gasteiger partial charge < -0.3 is 0 Å². The minimum absolute atomic E-state index is 0.447. The van der Waals surface area contributed by atoms with Gasteiger partial charge in [0.25, 0.3) is 0 Å². The number of pyridine rings is 1. The lowest BCUT2D eigenvalue weighted by molar-refractivity contribution is 1.28. The van der Waals surface area contributed by atoms with Crippen LogP contribution < -0.4 is 0 Å². The molecule has 1 aromatic rings. The summed E-state index contributed by atoms with van der Waals surface area (Å²) in [5.74, 6) is 0. The fraction of sp³-hybridized carbons (Fsp3) is 0. The average Bonchev–Trinajstić information content (AvgIpc) is 1.90. The van der Waals surface area contributed by atoms with Gasteiger partial charge in [0.15, 0.2) is 0 Å². The summed E-state index contributed by atoms with van der Waals surface area (Å²) in [6, 6.07) is 3.24. The first kappa shape index (κ1) is 5.77. The van der Waals surface area contributed by atoms with E-state index < -0.39 is 0 Å². The SMILES string of the molecule is [C-]#[N+]c1ccc([CH])nc1. The monoisotopic (exact) mass is 116 g/mol. The van der Waals surface area contributed by atoms with Crippen LogP contribution in [0.15, 0.2) is 18.3 Å². The van der Waals surface area contributed by atoms with Crippen molar-refractivity contribution in [1.82, 2.24) is 4.98 Å². The van der Waals surface area contributed by atoms with Crippen molar-refractivity contribution in [1.29, 1.82) is 0 Å². The quantitative estimate of drug-likeness (QED) is 0.471. The Balaban J connectivity index is 3.06. The number of rotatable bonds is 0. The molecule has 0 aromatic carbocycles. The number of aromatic nitrogens is 1. The van der Waals surface area contributed by atoms with Crippen molar-refractivity contribution in [2.75, 3.05) is 0 Å². The van der Waals surface area contributed by atoms with Crippen LogP contribution in [0.25, 0.3) is 4.85 Å². The molecule has 1 aromatic heterocycles. The van der Waals surface area contributed by atoms with Gasteiger partial charge in [0.1, 0.15) is 0 Å². The molecule has 0 amide bonds.